The Labute approximate surface area is 147 Å². The predicted octanol–water partition coefficient (Wildman–Crippen LogP) is 3.25. The summed E-state index contributed by atoms with van der Waals surface area (Å²) in [6.45, 7) is 2.11. The molecule has 0 aliphatic carbocycles. The minimum absolute atomic E-state index is 0.103. The summed E-state index contributed by atoms with van der Waals surface area (Å²) >= 11 is 0. The van der Waals surface area contributed by atoms with Gasteiger partial charge in [0.1, 0.15) is 11.6 Å². The minimum atomic E-state index is -0.853. The number of para-hydroxylation sites is 1. The second-order valence-electron chi connectivity index (χ2n) is 6.20. The van der Waals surface area contributed by atoms with Crippen LogP contribution in [0.15, 0.2) is 48.5 Å². The first-order valence-corrected chi connectivity index (χ1v) is 8.31. The average Bonchev–Trinajstić information content (AvgIpc) is 2.60. The Morgan fingerprint density at radius 1 is 1.20 bits per heavy atom. The fourth-order valence-corrected chi connectivity index (χ4v) is 2.72. The molecule has 1 amide bonds. The van der Waals surface area contributed by atoms with Gasteiger partial charge in [-0.3, -0.25) is 4.79 Å². The fraction of sp³-hybridized carbons (Fsp3) is 0.350. The van der Waals surface area contributed by atoms with Crippen LogP contribution < -0.4 is 10.1 Å². The predicted molar refractivity (Wildman–Crippen MR) is 94.8 cm³/mol. The number of hydrogen-bond donors (Lipinski definition) is 2. The Morgan fingerprint density at radius 3 is 2.56 bits per heavy atom. The number of hydrogen-bond acceptors (Lipinski definition) is 3. The van der Waals surface area contributed by atoms with Crippen LogP contribution in [-0.4, -0.2) is 24.7 Å². The zero-order valence-electron chi connectivity index (χ0n) is 14.5. The molecule has 2 unspecified atom stereocenters. The molecule has 0 saturated carbocycles. The second kappa shape index (κ2) is 9.18. The van der Waals surface area contributed by atoms with Crippen molar-refractivity contribution in [3.05, 3.63) is 65.5 Å². The summed E-state index contributed by atoms with van der Waals surface area (Å²) in [5.41, 5.74) is 1.64. The molecular formula is C20H24FNO3. The lowest BCUT2D eigenvalue weighted by molar-refractivity contribution is -0.122. The van der Waals surface area contributed by atoms with E-state index in [1.54, 1.807) is 7.11 Å². The van der Waals surface area contributed by atoms with E-state index in [1.807, 2.05) is 31.2 Å². The number of halogens is 1. The van der Waals surface area contributed by atoms with Crippen LogP contribution in [0.1, 0.15) is 30.6 Å². The third-order valence-corrected chi connectivity index (χ3v) is 4.04. The molecule has 0 aliphatic rings. The van der Waals surface area contributed by atoms with Gasteiger partial charge < -0.3 is 15.2 Å². The van der Waals surface area contributed by atoms with Gasteiger partial charge in [0.25, 0.3) is 0 Å². The molecule has 2 aromatic carbocycles. The SMILES string of the molecule is COc1ccccc1CC(C)CC(=O)NCC(O)c1ccc(F)cc1. The van der Waals surface area contributed by atoms with Gasteiger partial charge in [-0.2, -0.15) is 0 Å². The smallest absolute Gasteiger partial charge is 0.220 e. The van der Waals surface area contributed by atoms with Gasteiger partial charge in [0.05, 0.1) is 13.2 Å². The molecule has 0 heterocycles. The zero-order chi connectivity index (χ0) is 18.2. The van der Waals surface area contributed by atoms with Crippen molar-refractivity contribution in [3.8, 4) is 5.75 Å². The molecule has 0 spiro atoms. The molecule has 2 aromatic rings. The normalized spacial score (nSPS) is 13.1. The van der Waals surface area contributed by atoms with Gasteiger partial charge in [0.2, 0.25) is 5.91 Å². The highest BCUT2D eigenvalue weighted by molar-refractivity contribution is 5.76. The Bertz CT molecular complexity index is 688. The highest BCUT2D eigenvalue weighted by Crippen LogP contribution is 2.22. The summed E-state index contributed by atoms with van der Waals surface area (Å²) in [5, 5.41) is 12.8. The molecule has 2 N–H and O–H groups in total. The first-order valence-electron chi connectivity index (χ1n) is 8.31. The van der Waals surface area contributed by atoms with Crippen LogP contribution in [0.3, 0.4) is 0 Å². The molecule has 2 atom stereocenters. The van der Waals surface area contributed by atoms with Gasteiger partial charge in [0.15, 0.2) is 0 Å². The first kappa shape index (κ1) is 18.9. The number of rotatable bonds is 8. The van der Waals surface area contributed by atoms with Crippen LogP contribution in [0, 0.1) is 11.7 Å². The number of aliphatic hydroxyl groups excluding tert-OH is 1. The number of carbonyl (C=O) groups excluding carboxylic acids is 1. The van der Waals surface area contributed by atoms with E-state index in [9.17, 15) is 14.3 Å². The third-order valence-electron chi connectivity index (χ3n) is 4.04. The summed E-state index contributed by atoms with van der Waals surface area (Å²) < 4.78 is 18.2. The summed E-state index contributed by atoms with van der Waals surface area (Å²) in [6, 6.07) is 13.4. The average molecular weight is 345 g/mol. The molecule has 0 saturated heterocycles. The molecule has 0 aromatic heterocycles. The highest BCUT2D eigenvalue weighted by Gasteiger charge is 2.14. The Balaban J connectivity index is 1.80. The zero-order valence-corrected chi connectivity index (χ0v) is 14.5. The van der Waals surface area contributed by atoms with Gasteiger partial charge in [-0.1, -0.05) is 37.3 Å². The van der Waals surface area contributed by atoms with Crippen molar-refractivity contribution in [2.45, 2.75) is 25.9 Å². The molecular weight excluding hydrogens is 321 g/mol. The van der Waals surface area contributed by atoms with Crippen molar-refractivity contribution in [1.82, 2.24) is 5.32 Å². The summed E-state index contributed by atoms with van der Waals surface area (Å²) in [4.78, 5) is 12.1. The maximum atomic E-state index is 12.9. The van der Waals surface area contributed by atoms with Crippen molar-refractivity contribution in [1.29, 1.82) is 0 Å². The number of carbonyl (C=O) groups is 1. The van der Waals surface area contributed by atoms with Gasteiger partial charge in [-0.15, -0.1) is 0 Å². The number of ether oxygens (including phenoxy) is 1. The van der Waals surface area contributed by atoms with Crippen molar-refractivity contribution in [3.63, 3.8) is 0 Å². The maximum Gasteiger partial charge on any atom is 0.220 e. The molecule has 0 fully saturated rings. The standard InChI is InChI=1S/C20H24FNO3/c1-14(11-16-5-3-4-6-19(16)25-2)12-20(24)22-13-18(23)15-7-9-17(21)10-8-15/h3-10,14,18,23H,11-13H2,1-2H3,(H,22,24). The summed E-state index contributed by atoms with van der Waals surface area (Å²) in [5.74, 6) is 0.481. The van der Waals surface area contributed by atoms with Gasteiger partial charge in [-0.25, -0.2) is 4.39 Å². The minimum Gasteiger partial charge on any atom is -0.496 e. The molecule has 2 rings (SSSR count). The first-order chi connectivity index (χ1) is 12.0. The van der Waals surface area contributed by atoms with Crippen LogP contribution >= 0.6 is 0 Å². The van der Waals surface area contributed by atoms with Crippen LogP contribution in [0.5, 0.6) is 5.75 Å². The molecule has 0 bridgehead atoms. The topological polar surface area (TPSA) is 58.6 Å². The van der Waals surface area contributed by atoms with Gasteiger partial charge in [0, 0.05) is 13.0 Å². The number of benzene rings is 2. The largest absolute Gasteiger partial charge is 0.496 e. The lowest BCUT2D eigenvalue weighted by Crippen LogP contribution is -2.29. The van der Waals surface area contributed by atoms with E-state index in [-0.39, 0.29) is 24.2 Å². The highest BCUT2D eigenvalue weighted by atomic mass is 19.1. The van der Waals surface area contributed by atoms with E-state index in [0.717, 1.165) is 17.7 Å². The van der Waals surface area contributed by atoms with E-state index < -0.39 is 6.10 Å². The maximum absolute atomic E-state index is 12.9. The van der Waals surface area contributed by atoms with E-state index in [2.05, 4.69) is 5.32 Å². The number of methoxy groups -OCH3 is 1. The van der Waals surface area contributed by atoms with Crippen LogP contribution in [0.4, 0.5) is 4.39 Å². The van der Waals surface area contributed by atoms with Crippen molar-refractivity contribution in [2.24, 2.45) is 5.92 Å². The molecule has 4 nitrogen and oxygen atoms in total. The van der Waals surface area contributed by atoms with Gasteiger partial charge in [-0.05, 0) is 41.7 Å². The van der Waals surface area contributed by atoms with Gasteiger partial charge >= 0.3 is 0 Å². The summed E-state index contributed by atoms with van der Waals surface area (Å²) in [7, 11) is 1.63. The molecule has 5 heteroatoms. The van der Waals surface area contributed by atoms with Crippen LogP contribution in [-0.2, 0) is 11.2 Å². The molecule has 134 valence electrons. The van der Waals surface area contributed by atoms with E-state index in [1.165, 1.54) is 24.3 Å². The lowest BCUT2D eigenvalue weighted by atomic mass is 9.97. The number of aliphatic hydroxyl groups is 1. The Kier molecular flexibility index (Phi) is 6.95. The van der Waals surface area contributed by atoms with E-state index >= 15 is 0 Å². The quantitative estimate of drug-likeness (QED) is 0.772. The third kappa shape index (κ3) is 5.87. The Morgan fingerprint density at radius 2 is 1.88 bits per heavy atom. The van der Waals surface area contributed by atoms with E-state index in [0.29, 0.717) is 12.0 Å². The van der Waals surface area contributed by atoms with Crippen molar-refractivity contribution < 1.29 is 19.0 Å². The van der Waals surface area contributed by atoms with Crippen molar-refractivity contribution in [2.75, 3.05) is 13.7 Å². The monoisotopic (exact) mass is 345 g/mol. The lowest BCUT2D eigenvalue weighted by Gasteiger charge is -2.16. The molecule has 0 radical (unpaired) electrons. The second-order valence-corrected chi connectivity index (χ2v) is 6.20. The van der Waals surface area contributed by atoms with Crippen molar-refractivity contribution >= 4 is 5.91 Å². The van der Waals surface area contributed by atoms with Crippen LogP contribution in [0.25, 0.3) is 0 Å². The molecule has 25 heavy (non-hydrogen) atoms. The van der Waals surface area contributed by atoms with E-state index in [4.69, 9.17) is 4.74 Å². The fourth-order valence-electron chi connectivity index (χ4n) is 2.72. The number of nitrogens with one attached hydrogen (secondary N) is 1. The Hall–Kier alpha value is -2.40. The number of amides is 1. The molecule has 0 aliphatic heterocycles. The summed E-state index contributed by atoms with van der Waals surface area (Å²) in [6.07, 6.45) is 0.237. The van der Waals surface area contributed by atoms with Crippen LogP contribution in [0.2, 0.25) is 0 Å².